The summed E-state index contributed by atoms with van der Waals surface area (Å²) < 4.78 is 16.0. The van der Waals surface area contributed by atoms with Gasteiger partial charge in [-0.15, -0.1) is 0 Å². The number of carbonyl (C=O) groups excluding carboxylic acids is 2. The molecule has 3 rings (SSSR count). The monoisotopic (exact) mass is 368 g/mol. The molecule has 2 N–H and O–H groups in total. The molecule has 27 heavy (non-hydrogen) atoms. The second-order valence-electron chi connectivity index (χ2n) is 5.92. The Hall–Kier alpha value is -3.48. The number of fused-ring (bicyclic) bond motifs is 1. The molecule has 7 heteroatoms. The van der Waals surface area contributed by atoms with Crippen LogP contribution < -0.4 is 20.3 Å². The summed E-state index contributed by atoms with van der Waals surface area (Å²) in [5.74, 6) is 0.399. The van der Waals surface area contributed by atoms with Gasteiger partial charge in [-0.3, -0.25) is 20.4 Å². The fourth-order valence-electron chi connectivity index (χ4n) is 2.79. The predicted octanol–water partition coefficient (Wildman–Crippen LogP) is 2.76. The van der Waals surface area contributed by atoms with Crippen LogP contribution in [0, 0.1) is 6.92 Å². The molecule has 1 heterocycles. The molecular weight excluding hydrogens is 348 g/mol. The van der Waals surface area contributed by atoms with Gasteiger partial charge < -0.3 is 13.9 Å². The second-order valence-corrected chi connectivity index (χ2v) is 5.92. The van der Waals surface area contributed by atoms with E-state index in [1.54, 1.807) is 38.3 Å². The summed E-state index contributed by atoms with van der Waals surface area (Å²) in [6.07, 6.45) is 0.0692. The number of para-hydroxylation sites is 1. The van der Waals surface area contributed by atoms with Gasteiger partial charge in [-0.25, -0.2) is 0 Å². The van der Waals surface area contributed by atoms with Crippen LogP contribution in [0.15, 0.2) is 46.9 Å². The molecule has 0 saturated heterocycles. The van der Waals surface area contributed by atoms with Crippen molar-refractivity contribution in [2.75, 3.05) is 14.2 Å². The highest BCUT2D eigenvalue weighted by Crippen LogP contribution is 2.27. The van der Waals surface area contributed by atoms with E-state index in [0.717, 1.165) is 16.5 Å². The minimum atomic E-state index is -0.510. The Labute approximate surface area is 156 Å². The first kappa shape index (κ1) is 18.3. The summed E-state index contributed by atoms with van der Waals surface area (Å²) in [5, 5.41) is 0.860. The summed E-state index contributed by atoms with van der Waals surface area (Å²) in [6, 6.07) is 12.6. The maximum absolute atomic E-state index is 12.3. The van der Waals surface area contributed by atoms with E-state index in [1.165, 1.54) is 7.11 Å². The summed E-state index contributed by atoms with van der Waals surface area (Å²) in [4.78, 5) is 24.5. The third-order valence-electron chi connectivity index (χ3n) is 4.18. The van der Waals surface area contributed by atoms with Crippen molar-refractivity contribution in [2.24, 2.45) is 0 Å². The molecule has 0 unspecified atom stereocenters. The standard InChI is InChI=1S/C20H20N2O5/c1-12-14-6-4-5-7-15(14)27-19(12)20(24)22-21-18(23)11-13-8-9-16(25-2)17(10-13)26-3/h4-10H,11H2,1-3H3,(H,21,23)(H,22,24). The first-order valence-electron chi connectivity index (χ1n) is 8.31. The number of carbonyl (C=O) groups is 2. The normalized spacial score (nSPS) is 10.5. The molecule has 1 aromatic heterocycles. The van der Waals surface area contributed by atoms with Gasteiger partial charge in [0.15, 0.2) is 17.3 Å². The van der Waals surface area contributed by atoms with Crippen LogP contribution in [0.1, 0.15) is 21.7 Å². The van der Waals surface area contributed by atoms with E-state index in [-0.39, 0.29) is 18.1 Å². The zero-order valence-corrected chi connectivity index (χ0v) is 15.3. The quantitative estimate of drug-likeness (QED) is 0.676. The summed E-state index contributed by atoms with van der Waals surface area (Å²) in [5.41, 5.74) is 6.84. The summed E-state index contributed by atoms with van der Waals surface area (Å²) in [7, 11) is 3.07. The minimum absolute atomic E-state index is 0.0692. The lowest BCUT2D eigenvalue weighted by atomic mass is 10.1. The van der Waals surface area contributed by atoms with Crippen molar-refractivity contribution in [1.82, 2.24) is 10.9 Å². The molecule has 0 bridgehead atoms. The van der Waals surface area contributed by atoms with Crippen LogP contribution in [-0.2, 0) is 11.2 Å². The van der Waals surface area contributed by atoms with Gasteiger partial charge in [0, 0.05) is 10.9 Å². The van der Waals surface area contributed by atoms with Crippen LogP contribution in [0.2, 0.25) is 0 Å². The van der Waals surface area contributed by atoms with E-state index in [1.807, 2.05) is 18.2 Å². The number of hydrogen-bond donors (Lipinski definition) is 2. The van der Waals surface area contributed by atoms with E-state index in [4.69, 9.17) is 13.9 Å². The van der Waals surface area contributed by atoms with Crippen LogP contribution in [-0.4, -0.2) is 26.0 Å². The molecule has 0 fully saturated rings. The van der Waals surface area contributed by atoms with E-state index >= 15 is 0 Å². The molecule has 0 aliphatic rings. The number of benzene rings is 2. The third-order valence-corrected chi connectivity index (χ3v) is 4.18. The molecule has 140 valence electrons. The third kappa shape index (κ3) is 3.87. The summed E-state index contributed by atoms with van der Waals surface area (Å²) >= 11 is 0. The van der Waals surface area contributed by atoms with Crippen molar-refractivity contribution in [2.45, 2.75) is 13.3 Å². The molecule has 2 amide bonds. The average Bonchev–Trinajstić information content (AvgIpc) is 3.03. The Morgan fingerprint density at radius 3 is 2.44 bits per heavy atom. The van der Waals surface area contributed by atoms with Crippen molar-refractivity contribution in [3.05, 3.63) is 59.4 Å². The van der Waals surface area contributed by atoms with Gasteiger partial charge in [0.2, 0.25) is 5.91 Å². The van der Waals surface area contributed by atoms with E-state index in [0.29, 0.717) is 17.1 Å². The molecule has 0 aliphatic heterocycles. The lowest BCUT2D eigenvalue weighted by Crippen LogP contribution is -2.42. The van der Waals surface area contributed by atoms with Gasteiger partial charge in [-0.2, -0.15) is 0 Å². The van der Waals surface area contributed by atoms with Crippen molar-refractivity contribution in [3.8, 4) is 11.5 Å². The van der Waals surface area contributed by atoms with E-state index in [2.05, 4.69) is 10.9 Å². The zero-order chi connectivity index (χ0) is 19.4. The molecule has 2 aromatic carbocycles. The van der Waals surface area contributed by atoms with Crippen molar-refractivity contribution in [3.63, 3.8) is 0 Å². The lowest BCUT2D eigenvalue weighted by Gasteiger charge is -2.10. The highest BCUT2D eigenvalue weighted by Gasteiger charge is 2.18. The number of hydrazine groups is 1. The first-order valence-corrected chi connectivity index (χ1v) is 8.31. The fourth-order valence-corrected chi connectivity index (χ4v) is 2.79. The SMILES string of the molecule is COc1ccc(CC(=O)NNC(=O)c2oc3ccccc3c2C)cc1OC. The Morgan fingerprint density at radius 1 is 1.00 bits per heavy atom. The average molecular weight is 368 g/mol. The van der Waals surface area contributed by atoms with Crippen molar-refractivity contribution >= 4 is 22.8 Å². The van der Waals surface area contributed by atoms with E-state index in [9.17, 15) is 9.59 Å². The number of rotatable bonds is 5. The number of aryl methyl sites for hydroxylation is 1. The van der Waals surface area contributed by atoms with Gasteiger partial charge in [0.05, 0.1) is 20.6 Å². The number of nitrogens with one attached hydrogen (secondary N) is 2. The minimum Gasteiger partial charge on any atom is -0.493 e. The topological polar surface area (TPSA) is 89.8 Å². The van der Waals surface area contributed by atoms with Crippen molar-refractivity contribution < 1.29 is 23.5 Å². The Kier molecular flexibility index (Phi) is 5.30. The molecule has 7 nitrogen and oxygen atoms in total. The first-order chi connectivity index (χ1) is 13.0. The van der Waals surface area contributed by atoms with Gasteiger partial charge in [-0.05, 0) is 30.7 Å². The smallest absolute Gasteiger partial charge is 0.305 e. The van der Waals surface area contributed by atoms with Gasteiger partial charge in [0.25, 0.3) is 0 Å². The van der Waals surface area contributed by atoms with Gasteiger partial charge >= 0.3 is 5.91 Å². The molecule has 0 radical (unpaired) electrons. The number of ether oxygens (including phenoxy) is 2. The largest absolute Gasteiger partial charge is 0.493 e. The fraction of sp³-hybridized carbons (Fsp3) is 0.200. The number of furan rings is 1. The van der Waals surface area contributed by atoms with Gasteiger partial charge in [0.1, 0.15) is 5.58 Å². The van der Waals surface area contributed by atoms with Crippen LogP contribution in [0.5, 0.6) is 11.5 Å². The highest BCUT2D eigenvalue weighted by atomic mass is 16.5. The zero-order valence-electron chi connectivity index (χ0n) is 15.3. The maximum Gasteiger partial charge on any atom is 0.305 e. The predicted molar refractivity (Wildman–Crippen MR) is 99.8 cm³/mol. The molecule has 0 atom stereocenters. The second kappa shape index (κ2) is 7.82. The number of amides is 2. The maximum atomic E-state index is 12.3. The molecule has 0 saturated carbocycles. The Bertz CT molecular complexity index is 993. The Morgan fingerprint density at radius 2 is 1.74 bits per heavy atom. The van der Waals surface area contributed by atoms with Crippen LogP contribution in [0.25, 0.3) is 11.0 Å². The molecule has 0 aliphatic carbocycles. The Balaban J connectivity index is 1.63. The highest BCUT2D eigenvalue weighted by molar-refractivity contribution is 5.99. The van der Waals surface area contributed by atoms with Crippen LogP contribution in [0.4, 0.5) is 0 Å². The molecule has 3 aromatic rings. The van der Waals surface area contributed by atoms with Crippen LogP contribution in [0.3, 0.4) is 0 Å². The van der Waals surface area contributed by atoms with Crippen molar-refractivity contribution in [1.29, 1.82) is 0 Å². The molecule has 0 spiro atoms. The summed E-state index contributed by atoms with van der Waals surface area (Å²) in [6.45, 7) is 1.80. The lowest BCUT2D eigenvalue weighted by molar-refractivity contribution is -0.121. The van der Waals surface area contributed by atoms with Crippen LogP contribution >= 0.6 is 0 Å². The molecular formula is C20H20N2O5. The number of methoxy groups -OCH3 is 2. The van der Waals surface area contributed by atoms with E-state index < -0.39 is 5.91 Å². The van der Waals surface area contributed by atoms with Gasteiger partial charge in [-0.1, -0.05) is 24.3 Å². The number of hydrogen-bond acceptors (Lipinski definition) is 5.